The number of carbonyl (C=O) groups is 2. The number of pyridine rings is 1. The van der Waals surface area contributed by atoms with Crippen molar-refractivity contribution < 1.29 is 14.3 Å². The molecular weight excluding hydrogens is 344 g/mol. The van der Waals surface area contributed by atoms with Crippen molar-refractivity contribution in [3.8, 4) is 0 Å². The monoisotopic (exact) mass is 362 g/mol. The summed E-state index contributed by atoms with van der Waals surface area (Å²) in [5.41, 5.74) is 2.12. The lowest BCUT2D eigenvalue weighted by Crippen LogP contribution is -2.42. The average Bonchev–Trinajstić information content (AvgIpc) is 3.03. The third-order valence-corrected chi connectivity index (χ3v) is 4.85. The molecule has 1 aliphatic rings. The van der Waals surface area contributed by atoms with Crippen molar-refractivity contribution in [3.05, 3.63) is 81.6 Å². The number of nitrogens with one attached hydrogen (secondary N) is 1. The Morgan fingerprint density at radius 2 is 1.93 bits per heavy atom. The van der Waals surface area contributed by atoms with Crippen LogP contribution in [0.1, 0.15) is 21.5 Å². The van der Waals surface area contributed by atoms with Crippen LogP contribution in [0.3, 0.4) is 0 Å². The number of hydrogen-bond acceptors (Lipinski definition) is 4. The fraction of sp³-hybridized carbons (Fsp3) is 0.190. The van der Waals surface area contributed by atoms with Gasteiger partial charge in [-0.1, -0.05) is 42.5 Å². The van der Waals surface area contributed by atoms with Gasteiger partial charge in [0.05, 0.1) is 11.6 Å². The van der Waals surface area contributed by atoms with Crippen LogP contribution < -0.4 is 5.43 Å². The van der Waals surface area contributed by atoms with Gasteiger partial charge in [-0.05, 0) is 30.5 Å². The molecule has 0 saturated carbocycles. The molecule has 1 unspecified atom stereocenters. The first-order valence-corrected chi connectivity index (χ1v) is 8.71. The van der Waals surface area contributed by atoms with Gasteiger partial charge in [0.1, 0.15) is 12.2 Å². The Hall–Kier alpha value is -3.41. The summed E-state index contributed by atoms with van der Waals surface area (Å²) in [6, 6.07) is 14.4. The summed E-state index contributed by atoms with van der Waals surface area (Å²) in [6.45, 7) is 2.00. The predicted molar refractivity (Wildman–Crippen MR) is 101 cm³/mol. The van der Waals surface area contributed by atoms with Crippen molar-refractivity contribution >= 4 is 22.9 Å². The minimum Gasteiger partial charge on any atom is -0.447 e. The molecule has 1 fully saturated rings. The lowest BCUT2D eigenvalue weighted by atomic mass is 10.0. The van der Waals surface area contributed by atoms with E-state index in [1.807, 2.05) is 43.3 Å². The van der Waals surface area contributed by atoms with Gasteiger partial charge in [-0.15, -0.1) is 0 Å². The normalized spacial score (nSPS) is 16.6. The van der Waals surface area contributed by atoms with E-state index in [-0.39, 0.29) is 12.2 Å². The third-order valence-electron chi connectivity index (χ3n) is 4.85. The van der Waals surface area contributed by atoms with E-state index in [1.165, 1.54) is 6.20 Å². The Morgan fingerprint density at radius 1 is 1.15 bits per heavy atom. The van der Waals surface area contributed by atoms with Crippen molar-refractivity contribution in [2.24, 2.45) is 0 Å². The number of fused-ring (bicyclic) bond motifs is 1. The van der Waals surface area contributed by atoms with Crippen LogP contribution in [0.2, 0.25) is 0 Å². The molecule has 0 aliphatic carbocycles. The van der Waals surface area contributed by atoms with Crippen molar-refractivity contribution in [3.63, 3.8) is 0 Å². The van der Waals surface area contributed by atoms with Gasteiger partial charge in [-0.3, -0.25) is 9.59 Å². The zero-order chi connectivity index (χ0) is 19.0. The molecule has 1 N–H and O–H groups in total. The molecule has 2 heterocycles. The maximum atomic E-state index is 13.0. The van der Waals surface area contributed by atoms with Gasteiger partial charge in [-0.25, -0.2) is 9.69 Å². The van der Waals surface area contributed by atoms with Gasteiger partial charge >= 0.3 is 6.09 Å². The van der Waals surface area contributed by atoms with Crippen molar-refractivity contribution in [2.45, 2.75) is 19.4 Å². The van der Waals surface area contributed by atoms with Crippen LogP contribution in [0.15, 0.2) is 59.5 Å². The fourth-order valence-electron chi connectivity index (χ4n) is 3.44. The maximum Gasteiger partial charge on any atom is 0.417 e. The minimum absolute atomic E-state index is 0.0648. The van der Waals surface area contributed by atoms with Gasteiger partial charge in [0.25, 0.3) is 5.91 Å². The highest BCUT2D eigenvalue weighted by Crippen LogP contribution is 2.20. The molecule has 3 aromatic rings. The van der Waals surface area contributed by atoms with Crippen LogP contribution in [0, 0.1) is 6.92 Å². The number of amides is 2. The first-order valence-electron chi connectivity index (χ1n) is 8.71. The summed E-state index contributed by atoms with van der Waals surface area (Å²) in [5, 5.41) is 0.424. The Kier molecular flexibility index (Phi) is 4.24. The van der Waals surface area contributed by atoms with E-state index in [9.17, 15) is 14.4 Å². The van der Waals surface area contributed by atoms with E-state index in [0.717, 1.165) is 16.0 Å². The van der Waals surface area contributed by atoms with Crippen molar-refractivity contribution in [1.82, 2.24) is 9.88 Å². The number of carbonyl (C=O) groups excluding carboxylic acids is 2. The molecule has 0 bridgehead atoms. The topological polar surface area (TPSA) is 79.5 Å². The SMILES string of the molecule is Cc1cccc2c(=O)c(C(=O)N3C(=O)OCC3Cc3ccccc3)c[nH]c12. The molecule has 4 rings (SSSR count). The summed E-state index contributed by atoms with van der Waals surface area (Å²) in [4.78, 5) is 42.1. The smallest absolute Gasteiger partial charge is 0.417 e. The molecule has 1 aromatic heterocycles. The van der Waals surface area contributed by atoms with Crippen LogP contribution in [0.5, 0.6) is 0 Å². The second-order valence-corrected chi connectivity index (χ2v) is 6.62. The van der Waals surface area contributed by atoms with E-state index < -0.39 is 23.5 Å². The lowest BCUT2D eigenvalue weighted by Gasteiger charge is -2.19. The number of cyclic esters (lactones) is 1. The highest BCUT2D eigenvalue weighted by Gasteiger charge is 2.39. The molecule has 1 aliphatic heterocycles. The Labute approximate surface area is 155 Å². The molecule has 0 spiro atoms. The number of para-hydroxylation sites is 1. The Bertz CT molecular complexity index is 1090. The number of benzene rings is 2. The van der Waals surface area contributed by atoms with Crippen LogP contribution >= 0.6 is 0 Å². The first kappa shape index (κ1) is 17.0. The molecule has 2 aromatic carbocycles. The van der Waals surface area contributed by atoms with Crippen molar-refractivity contribution in [2.75, 3.05) is 6.61 Å². The van der Waals surface area contributed by atoms with E-state index >= 15 is 0 Å². The van der Waals surface area contributed by atoms with Gasteiger partial charge in [0.2, 0.25) is 5.43 Å². The molecule has 136 valence electrons. The highest BCUT2D eigenvalue weighted by atomic mass is 16.6. The number of aromatic nitrogens is 1. The standard InChI is InChI=1S/C21H18N2O4/c1-13-6-5-9-16-18(13)22-11-17(19(16)24)20(25)23-15(12-27-21(23)26)10-14-7-3-2-4-8-14/h2-9,11,15H,10,12H2,1H3,(H,22,24). The molecule has 6 nitrogen and oxygen atoms in total. The molecular formula is C21H18N2O4. The summed E-state index contributed by atoms with van der Waals surface area (Å²) >= 11 is 0. The molecule has 1 saturated heterocycles. The largest absolute Gasteiger partial charge is 0.447 e. The molecule has 6 heteroatoms. The number of aromatic amines is 1. The van der Waals surface area contributed by atoms with Crippen LogP contribution in [-0.4, -0.2) is 34.5 Å². The van der Waals surface area contributed by atoms with Gasteiger partial charge < -0.3 is 9.72 Å². The Morgan fingerprint density at radius 3 is 2.70 bits per heavy atom. The van der Waals surface area contributed by atoms with Crippen LogP contribution in [0.25, 0.3) is 10.9 Å². The summed E-state index contributed by atoms with van der Waals surface area (Å²) < 4.78 is 5.09. The number of imide groups is 1. The lowest BCUT2D eigenvalue weighted by molar-refractivity contribution is 0.0773. The van der Waals surface area contributed by atoms with E-state index in [0.29, 0.717) is 17.3 Å². The minimum atomic E-state index is -0.718. The fourth-order valence-corrected chi connectivity index (χ4v) is 3.44. The number of ether oxygens (including phenoxy) is 1. The van der Waals surface area contributed by atoms with Gasteiger partial charge in [0, 0.05) is 11.6 Å². The number of hydrogen-bond donors (Lipinski definition) is 1. The summed E-state index contributed by atoms with van der Waals surface area (Å²) in [6.07, 6.45) is 1.14. The van der Waals surface area contributed by atoms with Crippen molar-refractivity contribution in [1.29, 1.82) is 0 Å². The quantitative estimate of drug-likeness (QED) is 0.777. The third kappa shape index (κ3) is 2.99. The van der Waals surface area contributed by atoms with E-state index in [2.05, 4.69) is 4.98 Å². The molecule has 0 radical (unpaired) electrons. The Balaban J connectivity index is 1.70. The number of nitrogens with zero attached hydrogens (tertiary/aromatic N) is 1. The predicted octanol–water partition coefficient (Wildman–Crippen LogP) is 3.04. The van der Waals surface area contributed by atoms with E-state index in [4.69, 9.17) is 4.74 Å². The second kappa shape index (κ2) is 6.72. The summed E-state index contributed by atoms with van der Waals surface area (Å²) in [5.74, 6) is -0.636. The number of H-pyrrole nitrogens is 1. The molecule has 2 amide bonds. The van der Waals surface area contributed by atoms with Crippen LogP contribution in [-0.2, 0) is 11.2 Å². The summed E-state index contributed by atoms with van der Waals surface area (Å²) in [7, 11) is 0. The highest BCUT2D eigenvalue weighted by molar-refractivity contribution is 6.05. The average molecular weight is 362 g/mol. The van der Waals surface area contributed by atoms with Gasteiger partial charge in [0.15, 0.2) is 0 Å². The van der Waals surface area contributed by atoms with Crippen LogP contribution in [0.4, 0.5) is 4.79 Å². The van der Waals surface area contributed by atoms with E-state index in [1.54, 1.807) is 12.1 Å². The molecule has 1 atom stereocenters. The number of rotatable bonds is 3. The van der Waals surface area contributed by atoms with Gasteiger partial charge in [-0.2, -0.15) is 0 Å². The molecule has 27 heavy (non-hydrogen) atoms. The maximum absolute atomic E-state index is 13.0. The second-order valence-electron chi connectivity index (χ2n) is 6.62. The zero-order valence-electron chi connectivity index (χ0n) is 14.8. The zero-order valence-corrected chi connectivity index (χ0v) is 14.8. The number of aryl methyl sites for hydroxylation is 1. The first-order chi connectivity index (χ1) is 13.1.